The molecule has 1 aromatic carbocycles. The summed E-state index contributed by atoms with van der Waals surface area (Å²) in [6, 6.07) is 6.07. The largest absolute Gasteiger partial charge is 0.497 e. The zero-order valence-electron chi connectivity index (χ0n) is 11.7. The average Bonchev–Trinajstić information content (AvgIpc) is 2.79. The molecule has 1 saturated heterocycles. The molecule has 1 aliphatic heterocycles. The number of likely N-dealkylation sites (tertiary alicyclic amines) is 1. The summed E-state index contributed by atoms with van der Waals surface area (Å²) in [5.41, 5.74) is 0.575. The van der Waals surface area contributed by atoms with E-state index in [-0.39, 0.29) is 25.4 Å². The van der Waals surface area contributed by atoms with E-state index >= 15 is 0 Å². The van der Waals surface area contributed by atoms with Crippen LogP contribution in [0.2, 0.25) is 0 Å². The average molecular weight is 294 g/mol. The number of aliphatic hydroxyl groups excluding tert-OH is 1. The van der Waals surface area contributed by atoms with E-state index in [2.05, 4.69) is 5.32 Å². The Balaban J connectivity index is 1.96. The second kappa shape index (κ2) is 6.55. The number of hydrogen-bond donors (Lipinski definition) is 3. The minimum Gasteiger partial charge on any atom is -0.497 e. The molecule has 7 nitrogen and oxygen atoms in total. The third kappa shape index (κ3) is 3.93. The summed E-state index contributed by atoms with van der Waals surface area (Å²) >= 11 is 0. The Morgan fingerprint density at radius 1 is 1.48 bits per heavy atom. The standard InChI is InChI=1S/C14H18N2O5/c1-21-11-4-2-3-9(5-11)15-13(18)8-16-7-10(17)6-12(16)14(19)20/h2-5,10,12,17H,6-8H2,1H3,(H,15,18)(H,19,20). The number of β-amino-alcohol motifs (C(OH)–C–C–N with tert-alkyl or cyclic N) is 1. The van der Waals surface area contributed by atoms with Gasteiger partial charge in [-0.3, -0.25) is 14.5 Å². The number of aliphatic hydroxyl groups is 1. The molecule has 1 aromatic rings. The third-order valence-corrected chi connectivity index (χ3v) is 3.37. The maximum atomic E-state index is 12.0. The first-order valence-corrected chi connectivity index (χ1v) is 6.58. The number of carboxylic acids is 1. The molecule has 3 N–H and O–H groups in total. The predicted octanol–water partition coefficient (Wildman–Crippen LogP) is 0.153. The van der Waals surface area contributed by atoms with Gasteiger partial charge in [0, 0.05) is 24.7 Å². The van der Waals surface area contributed by atoms with Gasteiger partial charge < -0.3 is 20.3 Å². The lowest BCUT2D eigenvalue weighted by atomic mass is 10.2. The second-order valence-electron chi connectivity index (χ2n) is 4.95. The van der Waals surface area contributed by atoms with Gasteiger partial charge in [-0.2, -0.15) is 0 Å². The minimum atomic E-state index is -1.03. The van der Waals surface area contributed by atoms with E-state index < -0.39 is 18.1 Å². The van der Waals surface area contributed by atoms with Gasteiger partial charge in [0.05, 0.1) is 19.8 Å². The first-order chi connectivity index (χ1) is 9.99. The Hall–Kier alpha value is -2.12. The summed E-state index contributed by atoms with van der Waals surface area (Å²) in [5, 5.41) is 21.3. The predicted molar refractivity (Wildman–Crippen MR) is 75.2 cm³/mol. The number of carbonyl (C=O) groups excluding carboxylic acids is 1. The topological polar surface area (TPSA) is 99.1 Å². The van der Waals surface area contributed by atoms with Gasteiger partial charge in [0.2, 0.25) is 5.91 Å². The van der Waals surface area contributed by atoms with Gasteiger partial charge in [-0.25, -0.2) is 0 Å². The van der Waals surface area contributed by atoms with E-state index in [9.17, 15) is 14.7 Å². The fourth-order valence-corrected chi connectivity index (χ4v) is 2.40. The van der Waals surface area contributed by atoms with Crippen molar-refractivity contribution in [3.8, 4) is 5.75 Å². The van der Waals surface area contributed by atoms with Gasteiger partial charge in [-0.1, -0.05) is 6.07 Å². The summed E-state index contributed by atoms with van der Waals surface area (Å²) < 4.78 is 5.06. The van der Waals surface area contributed by atoms with Crippen LogP contribution >= 0.6 is 0 Å². The van der Waals surface area contributed by atoms with Crippen molar-refractivity contribution < 1.29 is 24.5 Å². The molecular weight excluding hydrogens is 276 g/mol. The fraction of sp³-hybridized carbons (Fsp3) is 0.429. The van der Waals surface area contributed by atoms with Crippen molar-refractivity contribution >= 4 is 17.6 Å². The van der Waals surface area contributed by atoms with E-state index in [1.807, 2.05) is 0 Å². The van der Waals surface area contributed by atoms with Crippen molar-refractivity contribution in [2.45, 2.75) is 18.6 Å². The Morgan fingerprint density at radius 2 is 2.24 bits per heavy atom. The van der Waals surface area contributed by atoms with Gasteiger partial charge in [0.1, 0.15) is 11.8 Å². The number of carbonyl (C=O) groups is 2. The Kier molecular flexibility index (Phi) is 4.77. The molecular formula is C14H18N2O5. The monoisotopic (exact) mass is 294 g/mol. The lowest BCUT2D eigenvalue weighted by molar-refractivity contribution is -0.142. The molecule has 1 heterocycles. The van der Waals surface area contributed by atoms with Crippen LogP contribution in [-0.4, -0.2) is 59.3 Å². The van der Waals surface area contributed by atoms with Gasteiger partial charge in [0.15, 0.2) is 0 Å². The summed E-state index contributed by atoms with van der Waals surface area (Å²) in [6.45, 7) is 0.105. The number of rotatable bonds is 5. The van der Waals surface area contributed by atoms with Gasteiger partial charge >= 0.3 is 5.97 Å². The molecule has 0 aliphatic carbocycles. The van der Waals surface area contributed by atoms with Crippen molar-refractivity contribution in [2.24, 2.45) is 0 Å². The Morgan fingerprint density at radius 3 is 2.90 bits per heavy atom. The molecule has 0 radical (unpaired) electrons. The molecule has 0 aromatic heterocycles. The normalized spacial score (nSPS) is 22.0. The second-order valence-corrected chi connectivity index (χ2v) is 4.95. The van der Waals surface area contributed by atoms with Crippen LogP contribution in [0.4, 0.5) is 5.69 Å². The summed E-state index contributed by atoms with van der Waals surface area (Å²) in [5.74, 6) is -0.739. The Bertz CT molecular complexity index is 534. The van der Waals surface area contributed by atoms with Crippen LogP contribution in [0.15, 0.2) is 24.3 Å². The molecule has 2 unspecified atom stereocenters. The van der Waals surface area contributed by atoms with Crippen molar-refractivity contribution in [1.29, 1.82) is 0 Å². The van der Waals surface area contributed by atoms with Crippen molar-refractivity contribution in [1.82, 2.24) is 4.90 Å². The van der Waals surface area contributed by atoms with E-state index in [0.29, 0.717) is 11.4 Å². The number of methoxy groups -OCH3 is 1. The molecule has 21 heavy (non-hydrogen) atoms. The smallest absolute Gasteiger partial charge is 0.321 e. The maximum Gasteiger partial charge on any atom is 0.321 e. The summed E-state index contributed by atoms with van der Waals surface area (Å²) in [6.07, 6.45) is -0.572. The molecule has 0 spiro atoms. The van der Waals surface area contributed by atoms with Crippen LogP contribution in [0, 0.1) is 0 Å². The molecule has 1 aliphatic rings. The summed E-state index contributed by atoms with van der Waals surface area (Å²) in [4.78, 5) is 24.5. The Labute approximate surface area is 122 Å². The molecule has 1 fully saturated rings. The molecule has 0 bridgehead atoms. The number of amides is 1. The number of anilines is 1. The molecule has 2 atom stereocenters. The lowest BCUT2D eigenvalue weighted by Gasteiger charge is -2.20. The van der Waals surface area contributed by atoms with Crippen LogP contribution in [0.25, 0.3) is 0 Å². The van der Waals surface area contributed by atoms with E-state index in [1.165, 1.54) is 12.0 Å². The van der Waals surface area contributed by atoms with Crippen LogP contribution in [0.5, 0.6) is 5.75 Å². The quantitative estimate of drug-likeness (QED) is 0.715. The highest BCUT2D eigenvalue weighted by Gasteiger charge is 2.36. The number of ether oxygens (including phenoxy) is 1. The fourth-order valence-electron chi connectivity index (χ4n) is 2.40. The van der Waals surface area contributed by atoms with E-state index in [0.717, 1.165) is 0 Å². The van der Waals surface area contributed by atoms with Crippen LogP contribution in [0.1, 0.15) is 6.42 Å². The molecule has 0 saturated carbocycles. The lowest BCUT2D eigenvalue weighted by Crippen LogP contribution is -2.41. The highest BCUT2D eigenvalue weighted by Crippen LogP contribution is 2.19. The molecule has 1 amide bonds. The van der Waals surface area contributed by atoms with Crippen molar-refractivity contribution in [2.75, 3.05) is 25.5 Å². The number of nitrogens with one attached hydrogen (secondary N) is 1. The maximum absolute atomic E-state index is 12.0. The van der Waals surface area contributed by atoms with Crippen molar-refractivity contribution in [3.05, 3.63) is 24.3 Å². The third-order valence-electron chi connectivity index (χ3n) is 3.37. The number of carboxylic acid groups (broad SMARTS) is 1. The zero-order valence-corrected chi connectivity index (χ0v) is 11.7. The van der Waals surface area contributed by atoms with Gasteiger partial charge in [-0.15, -0.1) is 0 Å². The zero-order chi connectivity index (χ0) is 15.4. The van der Waals surface area contributed by atoms with Crippen LogP contribution < -0.4 is 10.1 Å². The van der Waals surface area contributed by atoms with Gasteiger partial charge in [-0.05, 0) is 12.1 Å². The highest BCUT2D eigenvalue weighted by atomic mass is 16.5. The van der Waals surface area contributed by atoms with Crippen LogP contribution in [0.3, 0.4) is 0 Å². The van der Waals surface area contributed by atoms with E-state index in [1.54, 1.807) is 24.3 Å². The number of hydrogen-bond acceptors (Lipinski definition) is 5. The number of aliphatic carboxylic acids is 1. The summed E-state index contributed by atoms with van der Waals surface area (Å²) in [7, 11) is 1.53. The molecule has 2 rings (SSSR count). The number of benzene rings is 1. The van der Waals surface area contributed by atoms with Gasteiger partial charge in [0.25, 0.3) is 0 Å². The molecule has 7 heteroatoms. The first-order valence-electron chi connectivity index (χ1n) is 6.58. The first kappa shape index (κ1) is 15.3. The van der Waals surface area contributed by atoms with Crippen molar-refractivity contribution in [3.63, 3.8) is 0 Å². The van der Waals surface area contributed by atoms with E-state index in [4.69, 9.17) is 9.84 Å². The van der Waals surface area contributed by atoms with Crippen LogP contribution in [-0.2, 0) is 9.59 Å². The highest BCUT2D eigenvalue weighted by molar-refractivity contribution is 5.92. The molecule has 114 valence electrons. The SMILES string of the molecule is COc1cccc(NC(=O)CN2CC(O)CC2C(=O)O)c1. The number of nitrogens with zero attached hydrogens (tertiary/aromatic N) is 1. The minimum absolute atomic E-state index is 0.0781.